The van der Waals surface area contributed by atoms with E-state index in [0.717, 1.165) is 16.5 Å². The Bertz CT molecular complexity index is 734. The van der Waals surface area contributed by atoms with Gasteiger partial charge in [0.15, 0.2) is 0 Å². The van der Waals surface area contributed by atoms with Gasteiger partial charge in [0.2, 0.25) is 0 Å². The number of allylic oxidation sites excluding steroid dienone is 4. The summed E-state index contributed by atoms with van der Waals surface area (Å²) in [7, 11) is 0. The van der Waals surface area contributed by atoms with Gasteiger partial charge in [0.05, 0.1) is 5.41 Å². The van der Waals surface area contributed by atoms with Gasteiger partial charge < -0.3 is 4.79 Å². The van der Waals surface area contributed by atoms with Crippen LogP contribution in [0, 0.1) is 10.8 Å². The predicted molar refractivity (Wildman–Crippen MR) is 104 cm³/mol. The molecule has 0 fully saturated rings. The van der Waals surface area contributed by atoms with Crippen molar-refractivity contribution in [1.29, 1.82) is 0 Å². The third-order valence-electron chi connectivity index (χ3n) is 6.33. The van der Waals surface area contributed by atoms with E-state index in [9.17, 15) is 4.79 Å². The number of hydrogen-bond acceptors (Lipinski definition) is 1. The van der Waals surface area contributed by atoms with Gasteiger partial charge in [0, 0.05) is 4.47 Å². The first-order valence-electron chi connectivity index (χ1n) is 8.78. The second-order valence-corrected chi connectivity index (χ2v) is 9.68. The SMILES string of the molecule is CC1=CC2=C(CC1(C=O)c1ccc(Br)cc1)C(C)(C)CCC2(C)C. The third kappa shape index (κ3) is 2.63. The Morgan fingerprint density at radius 2 is 1.58 bits per heavy atom. The Hall–Kier alpha value is -1.15. The highest BCUT2D eigenvalue weighted by Crippen LogP contribution is 2.56. The van der Waals surface area contributed by atoms with Crippen molar-refractivity contribution in [3.63, 3.8) is 0 Å². The highest BCUT2D eigenvalue weighted by Gasteiger charge is 2.46. The smallest absolute Gasteiger partial charge is 0.134 e. The van der Waals surface area contributed by atoms with Crippen LogP contribution in [0.3, 0.4) is 0 Å². The first-order chi connectivity index (χ1) is 11.1. The van der Waals surface area contributed by atoms with Gasteiger partial charge in [-0.15, -0.1) is 0 Å². The molecule has 0 aliphatic heterocycles. The minimum absolute atomic E-state index is 0.158. The molecule has 2 heteroatoms. The largest absolute Gasteiger partial charge is 0.302 e. The summed E-state index contributed by atoms with van der Waals surface area (Å²) in [6.07, 6.45) is 6.68. The summed E-state index contributed by atoms with van der Waals surface area (Å²) in [5.41, 5.74) is 5.03. The number of halogens is 1. The minimum Gasteiger partial charge on any atom is -0.302 e. The molecule has 0 aromatic heterocycles. The molecular weight excluding hydrogens is 360 g/mol. The summed E-state index contributed by atoms with van der Waals surface area (Å²) in [6, 6.07) is 8.24. The minimum atomic E-state index is -0.524. The molecule has 128 valence electrons. The molecule has 24 heavy (non-hydrogen) atoms. The number of benzene rings is 1. The van der Waals surface area contributed by atoms with E-state index in [1.165, 1.54) is 35.8 Å². The first kappa shape index (κ1) is 17.7. The molecule has 1 atom stereocenters. The zero-order chi connectivity index (χ0) is 17.8. The first-order valence-corrected chi connectivity index (χ1v) is 9.57. The fourth-order valence-electron chi connectivity index (χ4n) is 4.34. The summed E-state index contributed by atoms with van der Waals surface area (Å²) >= 11 is 3.50. The van der Waals surface area contributed by atoms with Gasteiger partial charge in [-0.2, -0.15) is 0 Å². The van der Waals surface area contributed by atoms with E-state index >= 15 is 0 Å². The predicted octanol–water partition coefficient (Wildman–Crippen LogP) is 6.38. The van der Waals surface area contributed by atoms with Crippen molar-refractivity contribution in [3.8, 4) is 0 Å². The monoisotopic (exact) mass is 386 g/mol. The van der Waals surface area contributed by atoms with Gasteiger partial charge >= 0.3 is 0 Å². The molecule has 2 aliphatic carbocycles. The molecule has 0 saturated carbocycles. The van der Waals surface area contributed by atoms with Crippen LogP contribution in [0.15, 0.2) is 51.5 Å². The van der Waals surface area contributed by atoms with Gasteiger partial charge in [0.1, 0.15) is 6.29 Å². The van der Waals surface area contributed by atoms with E-state index < -0.39 is 5.41 Å². The van der Waals surface area contributed by atoms with E-state index in [0.29, 0.717) is 0 Å². The van der Waals surface area contributed by atoms with E-state index in [1.54, 1.807) is 0 Å². The molecule has 3 rings (SSSR count). The van der Waals surface area contributed by atoms with Crippen molar-refractivity contribution < 1.29 is 4.79 Å². The zero-order valence-corrected chi connectivity index (χ0v) is 17.0. The van der Waals surface area contributed by atoms with Gasteiger partial charge in [-0.3, -0.25) is 0 Å². The molecule has 0 radical (unpaired) electrons. The molecule has 1 aromatic rings. The fourth-order valence-corrected chi connectivity index (χ4v) is 4.61. The van der Waals surface area contributed by atoms with Gasteiger partial charge in [0.25, 0.3) is 0 Å². The lowest BCUT2D eigenvalue weighted by atomic mass is 9.55. The molecule has 0 saturated heterocycles. The Morgan fingerprint density at radius 1 is 1.00 bits per heavy atom. The number of hydrogen-bond donors (Lipinski definition) is 0. The molecule has 1 aromatic carbocycles. The molecule has 1 unspecified atom stereocenters. The van der Waals surface area contributed by atoms with Crippen molar-refractivity contribution in [2.75, 3.05) is 0 Å². The van der Waals surface area contributed by atoms with Gasteiger partial charge in [-0.05, 0) is 60.3 Å². The van der Waals surface area contributed by atoms with Crippen LogP contribution >= 0.6 is 15.9 Å². The molecule has 0 bridgehead atoms. The van der Waals surface area contributed by atoms with Crippen LogP contribution < -0.4 is 0 Å². The van der Waals surface area contributed by atoms with Gasteiger partial charge in [-0.25, -0.2) is 0 Å². The van der Waals surface area contributed by atoms with Crippen LogP contribution in [-0.2, 0) is 10.2 Å². The highest BCUT2D eigenvalue weighted by molar-refractivity contribution is 9.10. The Morgan fingerprint density at radius 3 is 2.17 bits per heavy atom. The fraction of sp³-hybridized carbons (Fsp3) is 0.500. The zero-order valence-electron chi connectivity index (χ0n) is 15.4. The van der Waals surface area contributed by atoms with E-state index in [4.69, 9.17) is 0 Å². The lowest BCUT2D eigenvalue weighted by molar-refractivity contribution is -0.111. The highest BCUT2D eigenvalue weighted by atomic mass is 79.9. The lowest BCUT2D eigenvalue weighted by Crippen LogP contribution is -2.40. The number of aldehydes is 1. The summed E-state index contributed by atoms with van der Waals surface area (Å²) in [6.45, 7) is 11.5. The number of carbonyl (C=O) groups is 1. The van der Waals surface area contributed by atoms with Crippen molar-refractivity contribution >= 4 is 22.2 Å². The summed E-state index contributed by atoms with van der Waals surface area (Å²) in [5.74, 6) is 0. The molecular formula is C22H27BrO. The Balaban J connectivity index is 2.18. The maximum atomic E-state index is 12.3. The number of rotatable bonds is 2. The topological polar surface area (TPSA) is 17.1 Å². The molecule has 2 aliphatic rings. The Labute approximate surface area is 154 Å². The summed E-state index contributed by atoms with van der Waals surface area (Å²) < 4.78 is 1.05. The van der Waals surface area contributed by atoms with E-state index in [-0.39, 0.29) is 10.8 Å². The summed E-state index contributed by atoms with van der Waals surface area (Å²) in [5, 5.41) is 0. The second kappa shape index (κ2) is 5.69. The maximum Gasteiger partial charge on any atom is 0.134 e. The standard InChI is InChI=1S/C22H27BrO/c1-15-12-18-19(21(4,5)11-10-20(18,2)3)13-22(15,14-24)16-6-8-17(23)9-7-16/h6-9,12,14H,10-11,13H2,1-5H3. The molecule has 1 nitrogen and oxygen atoms in total. The van der Waals surface area contributed by atoms with Crippen LogP contribution in [0.25, 0.3) is 0 Å². The van der Waals surface area contributed by atoms with Crippen molar-refractivity contribution in [1.82, 2.24) is 0 Å². The van der Waals surface area contributed by atoms with Crippen molar-refractivity contribution in [2.24, 2.45) is 10.8 Å². The number of carbonyl (C=O) groups excluding carboxylic acids is 1. The second-order valence-electron chi connectivity index (χ2n) is 8.76. The van der Waals surface area contributed by atoms with Gasteiger partial charge in [-0.1, -0.05) is 73.0 Å². The van der Waals surface area contributed by atoms with Crippen LogP contribution in [0.4, 0.5) is 0 Å². The van der Waals surface area contributed by atoms with E-state index in [1.807, 2.05) is 12.1 Å². The quantitative estimate of drug-likeness (QED) is 0.538. The van der Waals surface area contributed by atoms with E-state index in [2.05, 4.69) is 68.8 Å². The third-order valence-corrected chi connectivity index (χ3v) is 6.86. The van der Waals surface area contributed by atoms with Crippen molar-refractivity contribution in [3.05, 3.63) is 57.1 Å². The molecule has 0 spiro atoms. The van der Waals surface area contributed by atoms with Crippen LogP contribution in [0.1, 0.15) is 59.4 Å². The average Bonchev–Trinajstić information content (AvgIpc) is 2.53. The van der Waals surface area contributed by atoms with Crippen LogP contribution in [0.2, 0.25) is 0 Å². The Kier molecular flexibility index (Phi) is 4.19. The molecule has 0 N–H and O–H groups in total. The molecule has 0 amide bonds. The van der Waals surface area contributed by atoms with Crippen LogP contribution in [-0.4, -0.2) is 6.29 Å². The van der Waals surface area contributed by atoms with Crippen LogP contribution in [0.5, 0.6) is 0 Å². The molecule has 0 heterocycles. The average molecular weight is 387 g/mol. The van der Waals surface area contributed by atoms with Crippen molar-refractivity contribution in [2.45, 2.75) is 59.3 Å². The summed E-state index contributed by atoms with van der Waals surface area (Å²) in [4.78, 5) is 12.3. The normalized spacial score (nSPS) is 28.2. The lowest BCUT2D eigenvalue weighted by Gasteiger charge is -2.48. The maximum absolute atomic E-state index is 12.3.